The van der Waals surface area contributed by atoms with Gasteiger partial charge < -0.3 is 14.8 Å². The molecule has 2 rings (SSSR count). The summed E-state index contributed by atoms with van der Waals surface area (Å²) in [6.07, 6.45) is 1.66. The van der Waals surface area contributed by atoms with E-state index in [9.17, 15) is 4.79 Å². The fourth-order valence-corrected chi connectivity index (χ4v) is 2.28. The number of rotatable bonds is 6. The van der Waals surface area contributed by atoms with Crippen LogP contribution in [0.3, 0.4) is 0 Å². The first kappa shape index (κ1) is 16.1. The van der Waals surface area contributed by atoms with Crippen molar-refractivity contribution in [3.8, 4) is 11.5 Å². The van der Waals surface area contributed by atoms with Crippen LogP contribution in [-0.4, -0.2) is 19.6 Å². The number of carbonyl (C=O) groups is 1. The zero-order valence-corrected chi connectivity index (χ0v) is 13.7. The lowest BCUT2D eigenvalue weighted by Crippen LogP contribution is -2.11. The third-order valence-corrected chi connectivity index (χ3v) is 3.52. The fourth-order valence-electron chi connectivity index (χ4n) is 1.79. The number of halogens is 1. The first-order valence-electron chi connectivity index (χ1n) is 6.62. The molecule has 114 valence electrons. The van der Waals surface area contributed by atoms with Crippen LogP contribution in [0.15, 0.2) is 59.6 Å². The highest BCUT2D eigenvalue weighted by Gasteiger charge is 2.09. The van der Waals surface area contributed by atoms with Gasteiger partial charge in [0.25, 0.3) is 5.91 Å². The van der Waals surface area contributed by atoms with Gasteiger partial charge in [-0.15, -0.1) is 0 Å². The van der Waals surface area contributed by atoms with Gasteiger partial charge in [-0.1, -0.05) is 12.7 Å². The summed E-state index contributed by atoms with van der Waals surface area (Å²) in [6.45, 7) is 4.01. The molecule has 0 atom stereocenters. The summed E-state index contributed by atoms with van der Waals surface area (Å²) in [5, 5.41) is 2.83. The van der Waals surface area contributed by atoms with E-state index in [1.54, 1.807) is 55.7 Å². The van der Waals surface area contributed by atoms with Gasteiger partial charge in [-0.2, -0.15) is 0 Å². The molecule has 5 heteroatoms. The number of hydrogen-bond donors (Lipinski definition) is 1. The molecule has 0 aliphatic heterocycles. The Morgan fingerprint density at radius 2 is 2.00 bits per heavy atom. The molecule has 1 amide bonds. The summed E-state index contributed by atoms with van der Waals surface area (Å²) in [6, 6.07) is 12.3. The highest BCUT2D eigenvalue weighted by molar-refractivity contribution is 9.10. The van der Waals surface area contributed by atoms with Crippen molar-refractivity contribution in [2.75, 3.05) is 19.0 Å². The summed E-state index contributed by atoms with van der Waals surface area (Å²) < 4.78 is 11.3. The van der Waals surface area contributed by atoms with Gasteiger partial charge in [-0.3, -0.25) is 4.79 Å². The average Bonchev–Trinajstić information content (AvgIpc) is 2.54. The molecule has 0 spiro atoms. The van der Waals surface area contributed by atoms with Crippen LogP contribution in [0.1, 0.15) is 10.4 Å². The van der Waals surface area contributed by atoms with E-state index >= 15 is 0 Å². The van der Waals surface area contributed by atoms with Crippen molar-refractivity contribution in [2.24, 2.45) is 0 Å². The van der Waals surface area contributed by atoms with Crippen LogP contribution in [0.5, 0.6) is 11.5 Å². The van der Waals surface area contributed by atoms with Crippen LogP contribution in [-0.2, 0) is 0 Å². The maximum atomic E-state index is 12.2. The number of ether oxygens (including phenoxy) is 2. The maximum absolute atomic E-state index is 12.2. The first-order valence-corrected chi connectivity index (χ1v) is 7.42. The van der Waals surface area contributed by atoms with Gasteiger partial charge in [0.1, 0.15) is 18.1 Å². The van der Waals surface area contributed by atoms with Crippen molar-refractivity contribution in [1.82, 2.24) is 0 Å². The minimum atomic E-state index is -0.193. The number of methoxy groups -OCH3 is 1. The van der Waals surface area contributed by atoms with Gasteiger partial charge >= 0.3 is 0 Å². The zero-order valence-electron chi connectivity index (χ0n) is 12.1. The summed E-state index contributed by atoms with van der Waals surface area (Å²) in [5.41, 5.74) is 1.24. The van der Waals surface area contributed by atoms with Gasteiger partial charge in [0.15, 0.2) is 0 Å². The molecular weight excluding hydrogens is 346 g/mol. The van der Waals surface area contributed by atoms with Gasteiger partial charge in [0.2, 0.25) is 0 Å². The summed E-state index contributed by atoms with van der Waals surface area (Å²) in [4.78, 5) is 12.2. The summed E-state index contributed by atoms with van der Waals surface area (Å²) in [7, 11) is 1.60. The van der Waals surface area contributed by atoms with Crippen LogP contribution in [0.2, 0.25) is 0 Å². The molecule has 22 heavy (non-hydrogen) atoms. The molecule has 0 bridgehead atoms. The van der Waals surface area contributed by atoms with E-state index < -0.39 is 0 Å². The molecule has 0 unspecified atom stereocenters. The lowest BCUT2D eigenvalue weighted by Gasteiger charge is -2.09. The molecule has 1 N–H and O–H groups in total. The molecule has 0 heterocycles. The molecule has 0 saturated heterocycles. The standard InChI is InChI=1S/C17H16BrNO3/c1-3-10-22-16-9-4-12(11-15(16)18)17(20)19-13-5-7-14(21-2)8-6-13/h3-9,11H,1,10H2,2H3,(H,19,20). The van der Waals surface area contributed by atoms with Crippen molar-refractivity contribution in [2.45, 2.75) is 0 Å². The van der Waals surface area contributed by atoms with E-state index in [0.29, 0.717) is 23.6 Å². The Bertz CT molecular complexity index is 668. The topological polar surface area (TPSA) is 47.6 Å². The second-order valence-corrected chi connectivity index (χ2v) is 5.28. The highest BCUT2D eigenvalue weighted by Crippen LogP contribution is 2.26. The van der Waals surface area contributed by atoms with Gasteiger partial charge in [-0.25, -0.2) is 0 Å². The van der Waals surface area contributed by atoms with Crippen molar-refractivity contribution in [3.05, 3.63) is 65.2 Å². The van der Waals surface area contributed by atoms with Crippen molar-refractivity contribution in [3.63, 3.8) is 0 Å². The van der Waals surface area contributed by atoms with Crippen LogP contribution in [0, 0.1) is 0 Å². The highest BCUT2D eigenvalue weighted by atomic mass is 79.9. The summed E-state index contributed by atoms with van der Waals surface area (Å²) in [5.74, 6) is 1.21. The average molecular weight is 362 g/mol. The first-order chi connectivity index (χ1) is 10.6. The Labute approximate surface area is 137 Å². The van der Waals surface area contributed by atoms with E-state index in [1.807, 2.05) is 0 Å². The Balaban J connectivity index is 2.08. The minimum absolute atomic E-state index is 0.193. The van der Waals surface area contributed by atoms with E-state index in [4.69, 9.17) is 9.47 Å². The predicted molar refractivity (Wildman–Crippen MR) is 90.8 cm³/mol. The quantitative estimate of drug-likeness (QED) is 0.781. The molecule has 4 nitrogen and oxygen atoms in total. The molecule has 0 aliphatic carbocycles. The number of benzene rings is 2. The lowest BCUT2D eigenvalue weighted by molar-refractivity contribution is 0.102. The molecular formula is C17H16BrNO3. The molecule has 0 aromatic heterocycles. The number of hydrogen-bond acceptors (Lipinski definition) is 3. The van der Waals surface area contributed by atoms with Crippen molar-refractivity contribution in [1.29, 1.82) is 0 Å². The Morgan fingerprint density at radius 3 is 2.59 bits per heavy atom. The number of amides is 1. The number of nitrogens with one attached hydrogen (secondary N) is 1. The molecule has 0 fully saturated rings. The van der Waals surface area contributed by atoms with Crippen LogP contribution < -0.4 is 14.8 Å². The number of anilines is 1. The largest absolute Gasteiger partial charge is 0.497 e. The monoisotopic (exact) mass is 361 g/mol. The minimum Gasteiger partial charge on any atom is -0.497 e. The van der Waals surface area contributed by atoms with E-state index in [-0.39, 0.29) is 5.91 Å². The maximum Gasteiger partial charge on any atom is 0.255 e. The fraction of sp³-hybridized carbons (Fsp3) is 0.118. The Morgan fingerprint density at radius 1 is 1.27 bits per heavy atom. The second kappa shape index (κ2) is 7.66. The summed E-state index contributed by atoms with van der Waals surface area (Å²) >= 11 is 3.39. The van der Waals surface area contributed by atoms with Gasteiger partial charge in [0.05, 0.1) is 11.6 Å². The molecule has 0 radical (unpaired) electrons. The Kier molecular flexibility index (Phi) is 5.61. The van der Waals surface area contributed by atoms with Crippen LogP contribution in [0.25, 0.3) is 0 Å². The zero-order chi connectivity index (χ0) is 15.9. The SMILES string of the molecule is C=CCOc1ccc(C(=O)Nc2ccc(OC)cc2)cc1Br. The Hall–Kier alpha value is -2.27. The normalized spacial score (nSPS) is 9.91. The van der Waals surface area contributed by atoms with Crippen molar-refractivity contribution < 1.29 is 14.3 Å². The smallest absolute Gasteiger partial charge is 0.255 e. The van der Waals surface area contributed by atoms with Gasteiger partial charge in [-0.05, 0) is 58.4 Å². The van der Waals surface area contributed by atoms with Crippen LogP contribution >= 0.6 is 15.9 Å². The second-order valence-electron chi connectivity index (χ2n) is 4.43. The van der Waals surface area contributed by atoms with Crippen molar-refractivity contribution >= 4 is 27.5 Å². The van der Waals surface area contributed by atoms with E-state index in [0.717, 1.165) is 10.2 Å². The predicted octanol–water partition coefficient (Wildman–Crippen LogP) is 4.27. The molecule has 2 aromatic rings. The molecule has 0 saturated carbocycles. The molecule has 2 aromatic carbocycles. The lowest BCUT2D eigenvalue weighted by atomic mass is 10.2. The van der Waals surface area contributed by atoms with E-state index in [1.165, 1.54) is 0 Å². The third kappa shape index (κ3) is 4.11. The van der Waals surface area contributed by atoms with Crippen LogP contribution in [0.4, 0.5) is 5.69 Å². The molecule has 0 aliphatic rings. The van der Waals surface area contributed by atoms with Gasteiger partial charge in [0, 0.05) is 11.3 Å². The third-order valence-electron chi connectivity index (χ3n) is 2.90. The van der Waals surface area contributed by atoms with E-state index in [2.05, 4.69) is 27.8 Å². The number of carbonyl (C=O) groups excluding carboxylic acids is 1.